The predicted octanol–water partition coefficient (Wildman–Crippen LogP) is 2.80. The topological polar surface area (TPSA) is 43.1 Å². The highest BCUT2D eigenvalue weighted by atomic mass is 32.2. The first kappa shape index (κ1) is 9.02. The SMILES string of the molecule is O=[N+]([O-])c1c[c]ccc1[SH]1C=CC=C1. The number of hydrogen-bond acceptors (Lipinski definition) is 2. The minimum atomic E-state index is -0.616. The Morgan fingerprint density at radius 1 is 1.36 bits per heavy atom. The number of nitro groups is 1. The van der Waals surface area contributed by atoms with Crippen LogP contribution in [0.1, 0.15) is 0 Å². The molecule has 0 bridgehead atoms. The fraction of sp³-hybridized carbons (Fsp3) is 0. The molecule has 1 heterocycles. The van der Waals surface area contributed by atoms with Gasteiger partial charge < -0.3 is 0 Å². The normalized spacial score (nSPS) is 16.1. The number of hydrogen-bond donors (Lipinski definition) is 1. The van der Waals surface area contributed by atoms with E-state index in [4.69, 9.17) is 0 Å². The van der Waals surface area contributed by atoms with E-state index in [1.54, 1.807) is 12.1 Å². The Hall–Kier alpha value is -1.55. The zero-order valence-corrected chi connectivity index (χ0v) is 8.15. The van der Waals surface area contributed by atoms with Crippen LogP contribution in [0.15, 0.2) is 46.1 Å². The number of rotatable bonds is 2. The number of nitro benzene ring substituents is 1. The minimum absolute atomic E-state index is 0.162. The monoisotopic (exact) mass is 206 g/mol. The molecule has 0 N–H and O–H groups in total. The lowest BCUT2D eigenvalue weighted by Crippen LogP contribution is -1.91. The Morgan fingerprint density at radius 3 is 2.71 bits per heavy atom. The van der Waals surface area contributed by atoms with Crippen LogP contribution in [0.2, 0.25) is 0 Å². The lowest BCUT2D eigenvalue weighted by atomic mass is 10.3. The van der Waals surface area contributed by atoms with Crippen molar-refractivity contribution >= 4 is 16.6 Å². The van der Waals surface area contributed by atoms with Crippen LogP contribution in [-0.2, 0) is 0 Å². The zero-order chi connectivity index (χ0) is 9.97. The summed E-state index contributed by atoms with van der Waals surface area (Å²) >= 11 is 0. The van der Waals surface area contributed by atoms with Gasteiger partial charge in [-0.15, -0.1) is 0 Å². The summed E-state index contributed by atoms with van der Waals surface area (Å²) in [6.45, 7) is 0. The average Bonchev–Trinajstić information content (AvgIpc) is 2.70. The highest BCUT2D eigenvalue weighted by Gasteiger charge is 2.16. The first-order valence-electron chi connectivity index (χ1n) is 4.07. The van der Waals surface area contributed by atoms with Gasteiger partial charge in [-0.05, 0) is 22.9 Å². The van der Waals surface area contributed by atoms with E-state index in [-0.39, 0.29) is 10.6 Å². The highest BCUT2D eigenvalue weighted by molar-refractivity contribution is 8.22. The van der Waals surface area contributed by atoms with Gasteiger partial charge >= 0.3 is 0 Å². The molecule has 2 rings (SSSR count). The van der Waals surface area contributed by atoms with E-state index in [0.29, 0.717) is 0 Å². The molecule has 1 aromatic carbocycles. The van der Waals surface area contributed by atoms with Crippen LogP contribution < -0.4 is 0 Å². The van der Waals surface area contributed by atoms with E-state index in [9.17, 15) is 10.1 Å². The fourth-order valence-corrected chi connectivity index (χ4v) is 2.92. The van der Waals surface area contributed by atoms with Crippen molar-refractivity contribution in [3.05, 3.63) is 57.3 Å². The summed E-state index contributed by atoms with van der Waals surface area (Å²) in [5, 5.41) is 14.7. The second-order valence-electron chi connectivity index (χ2n) is 2.76. The van der Waals surface area contributed by atoms with E-state index >= 15 is 0 Å². The standard InChI is InChI=1S/C10H8NO2S/c12-11(13)9-5-1-2-6-10(9)14-7-3-4-8-14/h2-8,14H. The molecule has 71 valence electrons. The summed E-state index contributed by atoms with van der Waals surface area (Å²) in [5.41, 5.74) is 0.162. The van der Waals surface area contributed by atoms with Crippen molar-refractivity contribution < 1.29 is 4.92 Å². The van der Waals surface area contributed by atoms with Gasteiger partial charge in [0.2, 0.25) is 0 Å². The predicted molar refractivity (Wildman–Crippen MR) is 57.5 cm³/mol. The van der Waals surface area contributed by atoms with Gasteiger partial charge in [0, 0.05) is 6.07 Å². The molecule has 0 saturated carbocycles. The number of benzene rings is 1. The molecular formula is C10H8NO2S. The Morgan fingerprint density at radius 2 is 2.07 bits per heavy atom. The lowest BCUT2D eigenvalue weighted by molar-refractivity contribution is -0.387. The van der Waals surface area contributed by atoms with Crippen LogP contribution in [-0.4, -0.2) is 4.92 Å². The van der Waals surface area contributed by atoms with Crippen molar-refractivity contribution in [1.29, 1.82) is 0 Å². The highest BCUT2D eigenvalue weighted by Crippen LogP contribution is 2.46. The molecule has 0 unspecified atom stereocenters. The van der Waals surface area contributed by atoms with Crippen LogP contribution in [0.5, 0.6) is 0 Å². The van der Waals surface area contributed by atoms with Gasteiger partial charge in [0.25, 0.3) is 5.69 Å². The van der Waals surface area contributed by atoms with Crippen molar-refractivity contribution in [3.63, 3.8) is 0 Å². The van der Waals surface area contributed by atoms with Crippen molar-refractivity contribution in [3.8, 4) is 0 Å². The molecule has 0 fully saturated rings. The quantitative estimate of drug-likeness (QED) is 0.459. The molecule has 1 aliphatic heterocycles. The van der Waals surface area contributed by atoms with Crippen LogP contribution in [0.4, 0.5) is 5.69 Å². The lowest BCUT2D eigenvalue weighted by Gasteiger charge is -2.09. The van der Waals surface area contributed by atoms with Gasteiger partial charge in [-0.2, -0.15) is 10.9 Å². The van der Waals surface area contributed by atoms with Crippen molar-refractivity contribution in [2.24, 2.45) is 0 Å². The Kier molecular flexibility index (Phi) is 2.37. The third-order valence-electron chi connectivity index (χ3n) is 1.90. The molecular weight excluding hydrogens is 198 g/mol. The maximum atomic E-state index is 10.7. The molecule has 4 heteroatoms. The summed E-state index contributed by atoms with van der Waals surface area (Å²) in [6.07, 6.45) is 3.85. The van der Waals surface area contributed by atoms with Crippen LogP contribution >= 0.6 is 10.9 Å². The minimum Gasteiger partial charge on any atom is -0.258 e. The third-order valence-corrected chi connectivity index (χ3v) is 3.82. The summed E-state index contributed by atoms with van der Waals surface area (Å²) in [6, 6.07) is 7.64. The van der Waals surface area contributed by atoms with Crippen molar-refractivity contribution in [2.75, 3.05) is 0 Å². The molecule has 14 heavy (non-hydrogen) atoms. The van der Waals surface area contributed by atoms with E-state index < -0.39 is 10.9 Å². The Bertz CT molecular complexity index is 414. The van der Waals surface area contributed by atoms with Crippen LogP contribution in [0.25, 0.3) is 0 Å². The van der Waals surface area contributed by atoms with Gasteiger partial charge in [-0.1, -0.05) is 18.2 Å². The smallest absolute Gasteiger partial charge is 0.258 e. The van der Waals surface area contributed by atoms with Gasteiger partial charge in [0.15, 0.2) is 0 Å². The van der Waals surface area contributed by atoms with E-state index in [0.717, 1.165) is 4.90 Å². The van der Waals surface area contributed by atoms with E-state index in [1.165, 1.54) is 6.07 Å². The van der Waals surface area contributed by atoms with Gasteiger partial charge in [0.1, 0.15) is 0 Å². The molecule has 0 aromatic heterocycles. The Balaban J connectivity index is 2.46. The molecule has 3 nitrogen and oxygen atoms in total. The molecule has 1 aliphatic rings. The molecule has 0 atom stereocenters. The summed E-state index contributed by atoms with van der Waals surface area (Å²) in [5.74, 6) is 0. The maximum Gasteiger partial charge on any atom is 0.282 e. The third kappa shape index (κ3) is 1.56. The molecule has 1 aromatic rings. The zero-order valence-electron chi connectivity index (χ0n) is 7.25. The molecule has 0 aliphatic carbocycles. The van der Waals surface area contributed by atoms with Crippen molar-refractivity contribution in [2.45, 2.75) is 4.90 Å². The first-order chi connectivity index (χ1) is 6.79. The van der Waals surface area contributed by atoms with E-state index in [1.807, 2.05) is 23.0 Å². The largest absolute Gasteiger partial charge is 0.282 e. The molecule has 0 saturated heterocycles. The fourth-order valence-electron chi connectivity index (χ4n) is 1.27. The Labute approximate surface area is 84.3 Å². The van der Waals surface area contributed by atoms with Gasteiger partial charge in [0.05, 0.1) is 9.82 Å². The number of allylic oxidation sites excluding steroid dienone is 2. The second kappa shape index (κ2) is 3.67. The van der Waals surface area contributed by atoms with Crippen LogP contribution in [0, 0.1) is 16.2 Å². The second-order valence-corrected chi connectivity index (χ2v) is 4.65. The average molecular weight is 206 g/mol. The van der Waals surface area contributed by atoms with E-state index in [2.05, 4.69) is 6.07 Å². The summed E-state index contributed by atoms with van der Waals surface area (Å²) in [4.78, 5) is 11.2. The van der Waals surface area contributed by atoms with Crippen LogP contribution in [0.3, 0.4) is 0 Å². The molecule has 0 spiro atoms. The summed E-state index contributed by atoms with van der Waals surface area (Å²) < 4.78 is 0. The number of thiol groups is 1. The molecule has 0 amide bonds. The maximum absolute atomic E-state index is 10.7. The van der Waals surface area contributed by atoms with Crippen molar-refractivity contribution in [1.82, 2.24) is 0 Å². The van der Waals surface area contributed by atoms with Gasteiger partial charge in [-0.3, -0.25) is 10.1 Å². The number of nitrogens with zero attached hydrogens (tertiary/aromatic N) is 1. The summed E-state index contributed by atoms with van der Waals surface area (Å²) in [7, 11) is -0.616. The van der Waals surface area contributed by atoms with Gasteiger partial charge in [-0.25, -0.2) is 0 Å². The first-order valence-corrected chi connectivity index (χ1v) is 5.55. The molecule has 1 radical (unpaired) electrons.